The summed E-state index contributed by atoms with van der Waals surface area (Å²) in [4.78, 5) is 4.90. The average Bonchev–Trinajstić information content (AvgIpc) is 2.17. The van der Waals surface area contributed by atoms with Crippen LogP contribution in [-0.4, -0.2) is 9.13 Å². The maximum Gasteiger partial charge on any atom is 0.159 e. The molecule has 6 nitrogen and oxygen atoms in total. The summed E-state index contributed by atoms with van der Waals surface area (Å²) in [5, 5.41) is 13.6. The Morgan fingerprint density at radius 1 is 0.273 bits per heavy atom. The van der Waals surface area contributed by atoms with E-state index in [1.165, 1.54) is 21.9 Å². The third-order valence-electron chi connectivity index (χ3n) is 18.3. The van der Waals surface area contributed by atoms with Crippen molar-refractivity contribution in [3.63, 3.8) is 0 Å². The van der Waals surface area contributed by atoms with Gasteiger partial charge in [0.05, 0.1) is 44.8 Å². The molecule has 0 bridgehead atoms. The highest BCUT2D eigenvalue weighted by Gasteiger charge is 2.30. The number of hydrogen-bond acceptors (Lipinski definition) is 4. The van der Waals surface area contributed by atoms with Crippen molar-refractivity contribution in [2.24, 2.45) is 0 Å². The van der Waals surface area contributed by atoms with E-state index in [-0.39, 0.29) is 10.8 Å². The predicted octanol–water partition coefficient (Wildman–Crippen LogP) is 23.5. The molecule has 0 fully saturated rings. The molecule has 0 N–H and O–H groups in total. The van der Waals surface area contributed by atoms with Gasteiger partial charge in [-0.1, -0.05) is 211 Å². The van der Waals surface area contributed by atoms with E-state index in [1.54, 1.807) is 0 Å². The van der Waals surface area contributed by atoms with Crippen LogP contribution in [0.15, 0.2) is 276 Å². The monoisotopic (exact) mass is 1130 g/mol. The highest BCUT2D eigenvalue weighted by Crippen LogP contribution is 2.52. The first-order valence-electron chi connectivity index (χ1n) is 30.6. The van der Waals surface area contributed by atoms with E-state index in [4.69, 9.17) is 8.83 Å². The largest absolute Gasteiger partial charge is 0.454 e. The lowest BCUT2D eigenvalue weighted by molar-refractivity contribution is 0.590. The van der Waals surface area contributed by atoms with Crippen molar-refractivity contribution >= 4 is 143 Å². The van der Waals surface area contributed by atoms with E-state index in [0.29, 0.717) is 0 Å². The van der Waals surface area contributed by atoms with Gasteiger partial charge in [0.1, 0.15) is 11.2 Å². The molecule has 0 atom stereocenters. The van der Waals surface area contributed by atoms with Gasteiger partial charge in [0.15, 0.2) is 11.2 Å². The van der Waals surface area contributed by atoms with Crippen molar-refractivity contribution in [1.82, 2.24) is 9.13 Å². The molecular weight excluding hydrogens is 1070 g/mol. The van der Waals surface area contributed by atoms with Crippen LogP contribution in [0.2, 0.25) is 0 Å². The zero-order chi connectivity index (χ0) is 59.2. The molecule has 0 amide bonds. The van der Waals surface area contributed by atoms with Crippen molar-refractivity contribution in [2.45, 2.75) is 52.4 Å². The molecule has 4 aromatic heterocycles. The second kappa shape index (κ2) is 19.3. The molecule has 422 valence electrons. The van der Waals surface area contributed by atoms with Crippen LogP contribution in [0.4, 0.5) is 34.1 Å². The zero-order valence-electron chi connectivity index (χ0n) is 50.0. The van der Waals surface area contributed by atoms with Crippen LogP contribution < -0.4 is 9.80 Å². The number of para-hydroxylation sites is 6. The summed E-state index contributed by atoms with van der Waals surface area (Å²) in [5.41, 5.74) is 18.5. The van der Waals surface area contributed by atoms with Crippen molar-refractivity contribution in [3.8, 4) is 11.4 Å². The molecule has 88 heavy (non-hydrogen) atoms. The van der Waals surface area contributed by atoms with E-state index in [0.717, 1.165) is 144 Å². The Hall–Kier alpha value is -10.8. The maximum atomic E-state index is 6.95. The highest BCUT2D eigenvalue weighted by molar-refractivity contribution is 6.31. The molecule has 0 spiro atoms. The SMILES string of the molecule is CC(C)(C)c1cccc(N(c2cc3c(c4ccccc24)c2cc4c(cc2n3-c2ccccc2)c2c3ccccc3c(N(c3cccc(C(C)(C)C)c3)c3cccc5c3oc3ccccc35)cc2n4-c2ccccc2)c2cccc3c2oc2ccccc23)c1. The first kappa shape index (κ1) is 51.6. The third kappa shape index (κ3) is 7.88. The number of aromatic nitrogens is 2. The lowest BCUT2D eigenvalue weighted by Crippen LogP contribution is -2.15. The number of fused-ring (bicyclic) bond motifs is 16. The van der Waals surface area contributed by atoms with Gasteiger partial charge in [-0.05, 0) is 130 Å². The van der Waals surface area contributed by atoms with Gasteiger partial charge in [0.25, 0.3) is 0 Å². The summed E-state index contributed by atoms with van der Waals surface area (Å²) in [6.07, 6.45) is 0. The molecule has 13 aromatic carbocycles. The van der Waals surface area contributed by atoms with Gasteiger partial charge in [0, 0.05) is 76.6 Å². The van der Waals surface area contributed by atoms with Crippen LogP contribution in [0.1, 0.15) is 52.7 Å². The van der Waals surface area contributed by atoms with Gasteiger partial charge in [-0.15, -0.1) is 0 Å². The van der Waals surface area contributed by atoms with Gasteiger partial charge < -0.3 is 27.8 Å². The molecule has 0 aliphatic carbocycles. The molecule has 17 aromatic rings. The first-order valence-corrected chi connectivity index (χ1v) is 30.6. The molecule has 17 rings (SSSR count). The fourth-order valence-electron chi connectivity index (χ4n) is 14.1. The van der Waals surface area contributed by atoms with Gasteiger partial charge in [-0.3, -0.25) is 0 Å². The van der Waals surface area contributed by atoms with E-state index in [9.17, 15) is 0 Å². The topological polar surface area (TPSA) is 42.6 Å². The molecule has 6 heteroatoms. The standard InChI is InChI=1S/C82H62N4O2/c1-81(2,3)51-25-21-31-55(45-51)85(67-41-23-39-63-59-35-17-19-43-75(59)87-79(63)67)71-49-73-77(61-37-15-13-33-57(61)71)65-47-70-66(48-69(65)83(73)53-27-9-7-10-28-53)78-62-38-16-14-34-58(62)72(50-74(78)84(70)54-29-11-8-12-30-54)86(56-32-22-26-52(46-56)82(4,5)6)68-42-24-40-64-60-36-18-20-44-76(60)88-80(64)68/h7-50H,1-6H3. The minimum atomic E-state index is -0.0973. The van der Waals surface area contributed by atoms with Crippen molar-refractivity contribution in [3.05, 3.63) is 278 Å². The summed E-state index contributed by atoms with van der Waals surface area (Å²) in [7, 11) is 0. The van der Waals surface area contributed by atoms with Gasteiger partial charge in [-0.25, -0.2) is 0 Å². The molecule has 0 aliphatic heterocycles. The Bertz CT molecular complexity index is 5320. The number of nitrogens with zero attached hydrogens (tertiary/aromatic N) is 4. The van der Waals surface area contributed by atoms with Crippen LogP contribution in [0, 0.1) is 0 Å². The quantitative estimate of drug-likeness (QED) is 0.152. The second-order valence-electron chi connectivity index (χ2n) is 25.7. The Kier molecular flexibility index (Phi) is 11.3. The maximum absolute atomic E-state index is 6.95. The lowest BCUT2D eigenvalue weighted by Gasteiger charge is -2.29. The van der Waals surface area contributed by atoms with Gasteiger partial charge in [-0.2, -0.15) is 0 Å². The Labute approximate surface area is 509 Å². The van der Waals surface area contributed by atoms with Crippen LogP contribution in [-0.2, 0) is 10.8 Å². The van der Waals surface area contributed by atoms with Crippen LogP contribution in [0.5, 0.6) is 0 Å². The fraction of sp³-hybridized carbons (Fsp3) is 0.0976. The number of furan rings is 2. The summed E-state index contributed by atoms with van der Waals surface area (Å²) in [6.45, 7) is 13.7. The lowest BCUT2D eigenvalue weighted by atomic mass is 9.86. The number of benzene rings is 13. The normalized spacial score (nSPS) is 12.4. The number of hydrogen-bond donors (Lipinski definition) is 0. The second-order valence-corrected chi connectivity index (χ2v) is 25.7. The Morgan fingerprint density at radius 3 is 1.03 bits per heavy atom. The molecular formula is C82H62N4O2. The van der Waals surface area contributed by atoms with Crippen LogP contribution in [0.25, 0.3) is 120 Å². The smallest absolute Gasteiger partial charge is 0.159 e. The minimum Gasteiger partial charge on any atom is -0.454 e. The predicted molar refractivity (Wildman–Crippen MR) is 371 cm³/mol. The zero-order valence-corrected chi connectivity index (χ0v) is 50.0. The number of anilines is 6. The first-order chi connectivity index (χ1) is 42.9. The number of rotatable bonds is 8. The van der Waals surface area contributed by atoms with Crippen LogP contribution in [0.3, 0.4) is 0 Å². The summed E-state index contributed by atoms with van der Waals surface area (Å²) >= 11 is 0. The third-order valence-corrected chi connectivity index (χ3v) is 18.3. The minimum absolute atomic E-state index is 0.0973. The van der Waals surface area contributed by atoms with Crippen molar-refractivity contribution in [2.75, 3.05) is 9.80 Å². The summed E-state index contributed by atoms with van der Waals surface area (Å²) in [5.74, 6) is 0. The van der Waals surface area contributed by atoms with Crippen molar-refractivity contribution < 1.29 is 8.83 Å². The molecule has 0 saturated carbocycles. The summed E-state index contributed by atoms with van der Waals surface area (Å²) < 4.78 is 18.9. The van der Waals surface area contributed by atoms with E-state index >= 15 is 0 Å². The van der Waals surface area contributed by atoms with Crippen molar-refractivity contribution in [1.29, 1.82) is 0 Å². The molecule has 0 aliphatic rings. The van der Waals surface area contributed by atoms with E-state index in [1.807, 2.05) is 0 Å². The van der Waals surface area contributed by atoms with Gasteiger partial charge in [0.2, 0.25) is 0 Å². The fourth-order valence-corrected chi connectivity index (χ4v) is 14.1. The molecule has 0 radical (unpaired) electrons. The molecule has 0 unspecified atom stereocenters. The molecule has 4 heterocycles. The average molecular weight is 1140 g/mol. The summed E-state index contributed by atoms with van der Waals surface area (Å²) in [6, 6.07) is 97.8. The Balaban J connectivity index is 0.998. The highest BCUT2D eigenvalue weighted by atomic mass is 16.3. The van der Waals surface area contributed by atoms with E-state index < -0.39 is 0 Å². The van der Waals surface area contributed by atoms with E-state index in [2.05, 4.69) is 327 Å². The van der Waals surface area contributed by atoms with Gasteiger partial charge >= 0.3 is 0 Å². The van der Waals surface area contributed by atoms with Crippen LogP contribution >= 0.6 is 0 Å². The molecule has 0 saturated heterocycles. The Morgan fingerprint density at radius 2 is 0.625 bits per heavy atom.